The maximum atomic E-state index is 11.7. The number of aromatic nitrogens is 3. The molecule has 2 aromatic rings. The van der Waals surface area contributed by atoms with Crippen molar-refractivity contribution in [1.82, 2.24) is 20.6 Å². The van der Waals surface area contributed by atoms with Gasteiger partial charge in [0.05, 0.1) is 13.3 Å². The van der Waals surface area contributed by atoms with Crippen molar-refractivity contribution in [2.24, 2.45) is 5.10 Å². The maximum Gasteiger partial charge on any atom is 0.342 e. The molecule has 0 radical (unpaired) electrons. The smallest absolute Gasteiger partial charge is 0.342 e. The van der Waals surface area contributed by atoms with Crippen LogP contribution < -0.4 is 21.4 Å². The number of amides is 1. The molecule has 2 rings (SSSR count). The Balaban J connectivity index is 1.88. The molecule has 1 heterocycles. The minimum absolute atomic E-state index is 0.00249. The molecular formula is C14H15N5O5. The van der Waals surface area contributed by atoms with Crippen molar-refractivity contribution in [3.8, 4) is 11.5 Å². The minimum Gasteiger partial charge on any atom is -0.504 e. The van der Waals surface area contributed by atoms with Crippen LogP contribution in [0.3, 0.4) is 0 Å². The summed E-state index contributed by atoms with van der Waals surface area (Å²) in [6.07, 6.45) is 1.41. The van der Waals surface area contributed by atoms with E-state index in [2.05, 4.69) is 20.7 Å². The van der Waals surface area contributed by atoms with Crippen LogP contribution in [0.5, 0.6) is 11.5 Å². The number of methoxy groups -OCH3 is 1. The van der Waals surface area contributed by atoms with Gasteiger partial charge in [-0.05, 0) is 23.8 Å². The van der Waals surface area contributed by atoms with E-state index in [4.69, 9.17) is 4.74 Å². The lowest BCUT2D eigenvalue weighted by molar-refractivity contribution is -0.121. The molecule has 0 fully saturated rings. The normalized spacial score (nSPS) is 10.7. The van der Waals surface area contributed by atoms with Crippen LogP contribution in [0.2, 0.25) is 0 Å². The predicted octanol–water partition coefficient (Wildman–Crippen LogP) is -0.745. The zero-order chi connectivity index (χ0) is 17.5. The molecule has 0 spiro atoms. The molecule has 10 nitrogen and oxygen atoms in total. The highest BCUT2D eigenvalue weighted by molar-refractivity contribution is 5.83. The van der Waals surface area contributed by atoms with Crippen LogP contribution in [0.1, 0.15) is 17.7 Å². The second-order valence-electron chi connectivity index (χ2n) is 4.68. The number of nitrogens with zero attached hydrogens (tertiary/aromatic N) is 2. The van der Waals surface area contributed by atoms with Gasteiger partial charge in [0.1, 0.15) is 5.69 Å². The number of H-pyrrole nitrogens is 2. The van der Waals surface area contributed by atoms with Gasteiger partial charge in [-0.25, -0.2) is 15.3 Å². The Kier molecular flexibility index (Phi) is 5.45. The number of aryl methyl sites for hydroxylation is 1. The van der Waals surface area contributed by atoms with E-state index in [0.29, 0.717) is 5.56 Å². The van der Waals surface area contributed by atoms with Crippen molar-refractivity contribution in [3.63, 3.8) is 0 Å². The lowest BCUT2D eigenvalue weighted by Gasteiger charge is -2.03. The lowest BCUT2D eigenvalue weighted by atomic mass is 10.2. The van der Waals surface area contributed by atoms with Gasteiger partial charge in [-0.2, -0.15) is 10.2 Å². The molecule has 24 heavy (non-hydrogen) atoms. The van der Waals surface area contributed by atoms with Crippen LogP contribution in [0.4, 0.5) is 0 Å². The van der Waals surface area contributed by atoms with Crippen LogP contribution in [0, 0.1) is 0 Å². The van der Waals surface area contributed by atoms with Crippen molar-refractivity contribution in [2.45, 2.75) is 12.8 Å². The number of hydrazone groups is 1. The molecule has 10 heteroatoms. The van der Waals surface area contributed by atoms with Gasteiger partial charge in [0.25, 0.3) is 5.56 Å². The molecule has 1 aromatic carbocycles. The number of carbonyl (C=O) groups is 1. The van der Waals surface area contributed by atoms with Gasteiger partial charge >= 0.3 is 5.69 Å². The second-order valence-corrected chi connectivity index (χ2v) is 4.68. The minimum atomic E-state index is -0.706. The number of carbonyl (C=O) groups excluding carboxylic acids is 1. The zero-order valence-corrected chi connectivity index (χ0v) is 12.7. The third-order valence-corrected chi connectivity index (χ3v) is 2.98. The summed E-state index contributed by atoms with van der Waals surface area (Å²) in [7, 11) is 1.42. The molecule has 0 unspecified atom stereocenters. The molecule has 0 saturated heterocycles. The average molecular weight is 333 g/mol. The van der Waals surface area contributed by atoms with E-state index in [1.807, 2.05) is 4.98 Å². The first-order valence-electron chi connectivity index (χ1n) is 6.86. The monoisotopic (exact) mass is 333 g/mol. The van der Waals surface area contributed by atoms with Crippen LogP contribution in [0.25, 0.3) is 0 Å². The van der Waals surface area contributed by atoms with Crippen molar-refractivity contribution < 1.29 is 14.6 Å². The summed E-state index contributed by atoms with van der Waals surface area (Å²) in [6.45, 7) is 0. The average Bonchev–Trinajstić information content (AvgIpc) is 2.55. The van der Waals surface area contributed by atoms with Gasteiger partial charge in [-0.1, -0.05) is 0 Å². The van der Waals surface area contributed by atoms with Crippen molar-refractivity contribution >= 4 is 12.1 Å². The molecule has 0 aliphatic carbocycles. The molecule has 1 aromatic heterocycles. The van der Waals surface area contributed by atoms with Crippen molar-refractivity contribution in [1.29, 1.82) is 0 Å². The van der Waals surface area contributed by atoms with E-state index in [1.54, 1.807) is 12.1 Å². The highest BCUT2D eigenvalue weighted by Crippen LogP contribution is 2.25. The molecular weight excluding hydrogens is 318 g/mol. The molecule has 0 saturated carbocycles. The number of hydrogen-bond acceptors (Lipinski definition) is 7. The zero-order valence-electron chi connectivity index (χ0n) is 12.7. The van der Waals surface area contributed by atoms with E-state index in [1.165, 1.54) is 19.4 Å². The van der Waals surface area contributed by atoms with Gasteiger partial charge in [-0.3, -0.25) is 14.6 Å². The summed E-state index contributed by atoms with van der Waals surface area (Å²) < 4.78 is 4.96. The first kappa shape index (κ1) is 16.9. The van der Waals surface area contributed by atoms with Gasteiger partial charge in [0, 0.05) is 12.8 Å². The highest BCUT2D eigenvalue weighted by atomic mass is 16.5. The maximum absolute atomic E-state index is 11.7. The first-order chi connectivity index (χ1) is 11.5. The fourth-order valence-corrected chi connectivity index (χ4v) is 1.78. The number of nitrogens with one attached hydrogen (secondary N) is 3. The van der Waals surface area contributed by atoms with Crippen LogP contribution >= 0.6 is 0 Å². The van der Waals surface area contributed by atoms with Crippen molar-refractivity contribution in [2.75, 3.05) is 7.11 Å². The number of phenolic OH excluding ortho intramolecular Hbond substituents is 1. The molecule has 4 N–H and O–H groups in total. The summed E-state index contributed by atoms with van der Waals surface area (Å²) in [5.74, 6) is -0.143. The first-order valence-corrected chi connectivity index (χ1v) is 6.86. The summed E-state index contributed by atoms with van der Waals surface area (Å²) in [5, 5.41) is 18.9. The fraction of sp³-hybridized carbons (Fsp3) is 0.214. The molecule has 0 aliphatic rings. The molecule has 126 valence electrons. The van der Waals surface area contributed by atoms with E-state index >= 15 is 0 Å². The molecule has 0 aliphatic heterocycles. The highest BCUT2D eigenvalue weighted by Gasteiger charge is 2.06. The Labute approximate surface area is 135 Å². The van der Waals surface area contributed by atoms with E-state index in [-0.39, 0.29) is 30.0 Å². The number of phenols is 1. The summed E-state index contributed by atoms with van der Waals surface area (Å²) in [5.41, 5.74) is 1.63. The van der Waals surface area contributed by atoms with Crippen LogP contribution in [-0.4, -0.2) is 39.5 Å². The fourth-order valence-electron chi connectivity index (χ4n) is 1.78. The van der Waals surface area contributed by atoms with Gasteiger partial charge in [0.15, 0.2) is 11.5 Å². The number of rotatable bonds is 6. The Hall–Kier alpha value is -3.43. The molecule has 0 bridgehead atoms. The third-order valence-electron chi connectivity index (χ3n) is 2.98. The van der Waals surface area contributed by atoms with Crippen LogP contribution in [-0.2, 0) is 11.2 Å². The van der Waals surface area contributed by atoms with E-state index in [9.17, 15) is 19.5 Å². The van der Waals surface area contributed by atoms with E-state index < -0.39 is 17.2 Å². The lowest BCUT2D eigenvalue weighted by Crippen LogP contribution is -2.28. The summed E-state index contributed by atoms with van der Waals surface area (Å²) in [6, 6.07) is 4.59. The van der Waals surface area contributed by atoms with Crippen LogP contribution in [0.15, 0.2) is 32.9 Å². The number of benzene rings is 1. The van der Waals surface area contributed by atoms with Gasteiger partial charge in [0.2, 0.25) is 5.91 Å². The van der Waals surface area contributed by atoms with E-state index in [0.717, 1.165) is 0 Å². The molecule has 0 atom stereocenters. The van der Waals surface area contributed by atoms with Gasteiger partial charge in [-0.15, -0.1) is 0 Å². The Morgan fingerprint density at radius 2 is 2.25 bits per heavy atom. The van der Waals surface area contributed by atoms with Crippen molar-refractivity contribution in [3.05, 3.63) is 50.3 Å². The quantitative estimate of drug-likeness (QED) is 0.404. The largest absolute Gasteiger partial charge is 0.504 e. The Morgan fingerprint density at radius 1 is 1.46 bits per heavy atom. The number of ether oxygens (including phenoxy) is 1. The second kappa shape index (κ2) is 7.72. The Morgan fingerprint density at radius 3 is 2.96 bits per heavy atom. The van der Waals surface area contributed by atoms with Gasteiger partial charge < -0.3 is 9.84 Å². The number of aromatic amines is 2. The third kappa shape index (κ3) is 4.53. The molecule has 1 amide bonds. The summed E-state index contributed by atoms with van der Waals surface area (Å²) in [4.78, 5) is 35.9. The Bertz CT molecular complexity index is 870. The topological polar surface area (TPSA) is 150 Å². The SMILES string of the molecule is COc1cc(/C=N\NC(=O)CCc2n[nH]c(=O)[nH]c2=O)ccc1O. The standard InChI is InChI=1S/C14H15N5O5/c1-24-11-6-8(2-4-10(11)20)7-15-18-12(21)5-3-9-13(22)16-14(23)19-17-9/h2,4,6-7,20H,3,5H2,1H3,(H,18,21)(H2,16,19,22,23)/b15-7-. The number of hydrogen-bond donors (Lipinski definition) is 4. The number of aromatic hydroxyl groups is 1. The predicted molar refractivity (Wildman–Crippen MR) is 84.2 cm³/mol. The summed E-state index contributed by atoms with van der Waals surface area (Å²) >= 11 is 0.